The van der Waals surface area contributed by atoms with Crippen LogP contribution in [0.25, 0.3) is 0 Å². The van der Waals surface area contributed by atoms with E-state index >= 15 is 0 Å². The van der Waals surface area contributed by atoms with Gasteiger partial charge < -0.3 is 0 Å². The Kier molecular flexibility index (Phi) is 81.9. The summed E-state index contributed by atoms with van der Waals surface area (Å²) >= 11 is 41.5. The summed E-state index contributed by atoms with van der Waals surface area (Å²) in [6.07, 6.45) is 10.7. The molecule has 20 heteroatoms. The lowest BCUT2D eigenvalue weighted by molar-refractivity contribution is 0.152. The largest absolute Gasteiger partial charge is 0.165 e. The predicted octanol–water partition coefficient (Wildman–Crippen LogP) is 39.4. The van der Waals surface area contributed by atoms with E-state index in [1.165, 1.54) is 117 Å². The molecule has 730 valence electrons. The molecule has 0 nitrogen and oxygen atoms in total. The molecule has 0 aromatic heterocycles. The molecule has 0 saturated carbocycles. The predicted molar refractivity (Wildman–Crippen MR) is 635 cm³/mol. The molecule has 0 spiro atoms. The third-order valence-corrected chi connectivity index (χ3v) is 41.5. The fraction of sp³-hybridized carbons (Fsp3) is 1.00. The second-order valence-electron chi connectivity index (χ2n) is 48.1. The van der Waals surface area contributed by atoms with Gasteiger partial charge in [-0.3, -0.25) is 0 Å². The fourth-order valence-corrected chi connectivity index (χ4v) is 33.4. The van der Waals surface area contributed by atoms with Crippen LogP contribution in [0, 0.1) is 21.7 Å². The highest BCUT2D eigenvalue weighted by Crippen LogP contribution is 2.47. The van der Waals surface area contributed by atoms with E-state index in [9.17, 15) is 0 Å². The molecule has 0 radical (unpaired) electrons. The highest BCUT2D eigenvalue weighted by atomic mass is 32.2. The molecule has 0 fully saturated rings. The summed E-state index contributed by atoms with van der Waals surface area (Å²) < 4.78 is 6.06. The second-order valence-corrected chi connectivity index (χ2v) is 82.4. The average Bonchev–Trinajstić information content (AvgIpc) is 0.821. The van der Waals surface area contributed by atoms with Gasteiger partial charge in [-0.2, -0.15) is 223 Å². The maximum atomic E-state index is 2.38. The first-order chi connectivity index (χ1) is 52.4. The fourth-order valence-electron chi connectivity index (χ4n) is 10.4. The molecule has 4 unspecified atom stereocenters. The Morgan fingerprint density at radius 1 is 0.227 bits per heavy atom. The van der Waals surface area contributed by atoms with Gasteiger partial charge in [0.25, 0.3) is 0 Å². The Balaban J connectivity index is -0.000000198. The van der Waals surface area contributed by atoms with Crippen LogP contribution in [0.1, 0.15) is 386 Å². The summed E-state index contributed by atoms with van der Waals surface area (Å²) in [4.78, 5) is 0. The van der Waals surface area contributed by atoms with E-state index in [4.69, 9.17) is 0 Å². The topological polar surface area (TPSA) is 0 Å². The summed E-state index contributed by atoms with van der Waals surface area (Å²) in [6, 6.07) is 0. The molecular formula is C99H214S20. The normalized spacial score (nSPS) is 14.6. The smallest absolute Gasteiger partial charge is 0.0512 e. The highest BCUT2D eigenvalue weighted by molar-refractivity contribution is 8.17. The maximum absolute atomic E-state index is 2.38. The standard InChI is InChI=1S/C15H32S2.C14H30S3.C13H28S3.2C12H26S3.C12H26S2.C11H24S2.C10H22S2/c1-13(2,3)9-15(11-16-7,12-17-8)10-14(4,5)6;1-11(2)17-12(9-15-13(3,4)5)10-16-14(6,7)8;1-12(2,3)11-15-8-7-14-9-10-16-13(4,5)6;1-11(2,3)14-9-8-10(13-7)15-12(4,5)6;1-11(2,3)14-9-7-13-8-10-15-12(4,5)6;1-9(13-11(3,4)5)10(2)14-12(6,7)8;1-9(13-11(5,6)7)8-12-10(2,3)4;1-9(2,3)11-7-8-12-10(4,5)6/h9-12H2,1-8H3;11-12H,9-10H2,1-8H3;7-11H2,1-6H3;10H,8-9H2,1-7H3;7-10H2,1-6H3;9-10H,1-8H3;9H,8H2,1-7H3;7-8H2,1-6H3. The average molecular weight is 2050 g/mol. The number of hydrogen-bond donors (Lipinski definition) is 0. The van der Waals surface area contributed by atoms with Crippen molar-refractivity contribution in [3.63, 3.8) is 0 Å². The first-order valence-electron chi connectivity index (χ1n) is 44.8. The third-order valence-electron chi connectivity index (χ3n) is 13.6. The zero-order valence-electron chi connectivity index (χ0n) is 90.3. The van der Waals surface area contributed by atoms with Crippen molar-refractivity contribution >= 4 is 235 Å². The van der Waals surface area contributed by atoms with Gasteiger partial charge in [-0.05, 0) is 88.0 Å². The van der Waals surface area contributed by atoms with Gasteiger partial charge in [-0.1, -0.05) is 367 Å². The van der Waals surface area contributed by atoms with Crippen molar-refractivity contribution in [1.82, 2.24) is 0 Å². The van der Waals surface area contributed by atoms with Crippen LogP contribution in [0.15, 0.2) is 0 Å². The third kappa shape index (κ3) is 141. The van der Waals surface area contributed by atoms with Crippen LogP contribution in [0.4, 0.5) is 0 Å². The van der Waals surface area contributed by atoms with E-state index in [1.807, 2.05) is 35.3 Å². The van der Waals surface area contributed by atoms with Gasteiger partial charge >= 0.3 is 0 Å². The summed E-state index contributed by atoms with van der Waals surface area (Å²) in [5.41, 5.74) is 1.83. The molecule has 0 aliphatic heterocycles. The molecule has 0 saturated heterocycles. The Labute approximate surface area is 842 Å². The number of thioether (sulfide) groups is 20. The van der Waals surface area contributed by atoms with Crippen LogP contribution < -0.4 is 0 Å². The van der Waals surface area contributed by atoms with Gasteiger partial charge in [0.05, 0.1) is 4.58 Å². The highest BCUT2D eigenvalue weighted by Gasteiger charge is 2.38. The minimum Gasteiger partial charge on any atom is -0.165 e. The van der Waals surface area contributed by atoms with Crippen LogP contribution in [0.3, 0.4) is 0 Å². The molecule has 0 aromatic carbocycles. The summed E-state index contributed by atoms with van der Waals surface area (Å²) in [5.74, 6) is 21.9. The van der Waals surface area contributed by atoms with Crippen LogP contribution in [0.2, 0.25) is 0 Å². The van der Waals surface area contributed by atoms with Crippen LogP contribution in [-0.4, -0.2) is 209 Å². The maximum Gasteiger partial charge on any atom is 0.0512 e. The first kappa shape index (κ1) is 141. The molecule has 0 heterocycles. The lowest BCUT2D eigenvalue weighted by Crippen LogP contribution is -2.36. The second kappa shape index (κ2) is 68.9. The van der Waals surface area contributed by atoms with Crippen LogP contribution >= 0.6 is 235 Å². The molecule has 0 amide bonds. The molecule has 119 heavy (non-hydrogen) atoms. The van der Waals surface area contributed by atoms with E-state index < -0.39 is 0 Å². The quantitative estimate of drug-likeness (QED) is 0.0423. The lowest BCUT2D eigenvalue weighted by atomic mass is 9.68. The Hall–Kier alpha value is 7.00. The van der Waals surface area contributed by atoms with Crippen molar-refractivity contribution in [2.45, 2.75) is 479 Å². The van der Waals surface area contributed by atoms with Gasteiger partial charge in [0, 0.05) is 157 Å². The van der Waals surface area contributed by atoms with E-state index in [-0.39, 0.29) is 0 Å². The van der Waals surface area contributed by atoms with Crippen LogP contribution in [-0.2, 0) is 0 Å². The molecule has 4 atom stereocenters. The molecule has 0 aliphatic rings. The van der Waals surface area contributed by atoms with Crippen molar-refractivity contribution in [2.75, 3.05) is 117 Å². The zero-order chi connectivity index (χ0) is 96.2. The van der Waals surface area contributed by atoms with Gasteiger partial charge in [0.1, 0.15) is 0 Å². The van der Waals surface area contributed by atoms with Gasteiger partial charge in [0.2, 0.25) is 0 Å². The first-order valence-corrected chi connectivity index (χ1v) is 65.6. The van der Waals surface area contributed by atoms with Crippen molar-refractivity contribution in [1.29, 1.82) is 0 Å². The number of hydrogen-bond acceptors (Lipinski definition) is 20. The van der Waals surface area contributed by atoms with E-state index in [0.29, 0.717) is 83.4 Å². The molecular weight excluding hydrogens is 1830 g/mol. The van der Waals surface area contributed by atoms with Crippen molar-refractivity contribution in [3.8, 4) is 0 Å². The summed E-state index contributed by atoms with van der Waals surface area (Å²) in [7, 11) is 0. The van der Waals surface area contributed by atoms with Crippen molar-refractivity contribution in [3.05, 3.63) is 0 Å². The van der Waals surface area contributed by atoms with Crippen molar-refractivity contribution in [2.24, 2.45) is 21.7 Å². The summed E-state index contributed by atoms with van der Waals surface area (Å²) in [6.45, 7) is 122. The molecule has 0 aromatic rings. The van der Waals surface area contributed by atoms with E-state index in [2.05, 4.69) is 586 Å². The van der Waals surface area contributed by atoms with E-state index in [1.54, 1.807) is 0 Å². The molecule has 0 aliphatic carbocycles. The number of rotatable bonds is 39. The molecule has 0 N–H and O–H groups in total. The monoisotopic (exact) mass is 2040 g/mol. The Bertz CT molecular complexity index is 2150. The van der Waals surface area contributed by atoms with E-state index in [0.717, 1.165) is 30.8 Å². The SMILES string of the molecule is CC(C)(C)CSCCSCCSC(C)(C)C.CC(C)(C)SCCSC(C)(C)C.CC(C)(C)SCCSCCSC(C)(C)C.CC(C)SC(CSC(C)(C)C)CSC(C)(C)C.CC(CSC(C)(C)C)SC(C)(C)C.CC(SC(C)(C)C)C(C)SC(C)(C)C.CSC(CCSC(C)(C)C)SC(C)(C)C.CSCC(CSC)(CC(C)(C)C)CC(C)(C)C. The Morgan fingerprint density at radius 2 is 0.471 bits per heavy atom. The molecule has 0 bridgehead atoms. The lowest BCUT2D eigenvalue weighted by Gasteiger charge is -2.42. The minimum absolute atomic E-state index is 0.381. The van der Waals surface area contributed by atoms with Crippen LogP contribution in [0.5, 0.6) is 0 Å². The zero-order valence-corrected chi connectivity index (χ0v) is 107. The van der Waals surface area contributed by atoms with Gasteiger partial charge in [-0.15, -0.1) is 11.8 Å². The van der Waals surface area contributed by atoms with Gasteiger partial charge in [0.15, 0.2) is 0 Å². The summed E-state index contributed by atoms with van der Waals surface area (Å²) in [5, 5.41) is 3.72. The molecule has 0 rings (SSSR count). The van der Waals surface area contributed by atoms with Gasteiger partial charge in [-0.25, -0.2) is 0 Å². The minimum atomic E-state index is 0.381. The Morgan fingerprint density at radius 3 is 0.697 bits per heavy atom. The van der Waals surface area contributed by atoms with Crippen molar-refractivity contribution < 1.29 is 0 Å².